The maximum absolute atomic E-state index is 13.1. The number of rotatable bonds is 4. The Balaban J connectivity index is 1.39. The predicted octanol–water partition coefficient (Wildman–Crippen LogP) is 5.80. The fourth-order valence-corrected chi connectivity index (χ4v) is 3.62. The van der Waals surface area contributed by atoms with Gasteiger partial charge in [-0.05, 0) is 55.7 Å². The highest BCUT2D eigenvalue weighted by Crippen LogP contribution is 2.34. The molecule has 0 radical (unpaired) electrons. The fourth-order valence-electron chi connectivity index (χ4n) is 3.62. The third kappa shape index (κ3) is 5.16. The molecule has 2 heterocycles. The van der Waals surface area contributed by atoms with Gasteiger partial charge in [-0.3, -0.25) is 0 Å². The monoisotopic (exact) mass is 441 g/mol. The lowest BCUT2D eigenvalue weighted by Gasteiger charge is -2.27. The molecule has 6 nitrogen and oxygen atoms in total. The van der Waals surface area contributed by atoms with Gasteiger partial charge in [0.25, 0.3) is 0 Å². The van der Waals surface area contributed by atoms with Gasteiger partial charge in [0.15, 0.2) is 5.82 Å². The van der Waals surface area contributed by atoms with Crippen LogP contribution >= 0.6 is 0 Å². The number of urea groups is 1. The van der Waals surface area contributed by atoms with E-state index in [1.807, 2.05) is 12.1 Å². The zero-order valence-electron chi connectivity index (χ0n) is 17.2. The van der Waals surface area contributed by atoms with Gasteiger partial charge < -0.3 is 15.5 Å². The van der Waals surface area contributed by atoms with Crippen LogP contribution in [0.2, 0.25) is 0 Å². The van der Waals surface area contributed by atoms with Gasteiger partial charge in [0.2, 0.25) is 0 Å². The molecule has 0 aliphatic carbocycles. The third-order valence-corrected chi connectivity index (χ3v) is 5.25. The molecular weight excluding hydrogens is 419 g/mol. The van der Waals surface area contributed by atoms with Crippen molar-refractivity contribution < 1.29 is 18.0 Å². The minimum atomic E-state index is -4.56. The maximum atomic E-state index is 13.1. The van der Waals surface area contributed by atoms with Crippen molar-refractivity contribution in [2.45, 2.75) is 25.4 Å². The highest BCUT2D eigenvalue weighted by Gasteiger charge is 2.33. The Morgan fingerprint density at radius 2 is 1.56 bits per heavy atom. The van der Waals surface area contributed by atoms with Gasteiger partial charge in [-0.15, -0.1) is 10.2 Å². The summed E-state index contributed by atoms with van der Waals surface area (Å²) in [6, 6.07) is 14.8. The molecule has 2 amide bonds. The Kier molecular flexibility index (Phi) is 6.25. The van der Waals surface area contributed by atoms with Gasteiger partial charge >= 0.3 is 12.2 Å². The van der Waals surface area contributed by atoms with Crippen LogP contribution in [0.1, 0.15) is 24.8 Å². The van der Waals surface area contributed by atoms with E-state index >= 15 is 0 Å². The predicted molar refractivity (Wildman–Crippen MR) is 118 cm³/mol. The highest BCUT2D eigenvalue weighted by atomic mass is 19.4. The van der Waals surface area contributed by atoms with Gasteiger partial charge in [0, 0.05) is 24.3 Å². The average Bonchev–Trinajstić information content (AvgIpc) is 2.80. The van der Waals surface area contributed by atoms with E-state index in [2.05, 4.69) is 25.7 Å². The number of carbonyl (C=O) groups is 1. The van der Waals surface area contributed by atoms with Crippen LogP contribution in [-0.4, -0.2) is 29.3 Å². The molecule has 9 heteroatoms. The van der Waals surface area contributed by atoms with Crippen molar-refractivity contribution >= 4 is 23.2 Å². The van der Waals surface area contributed by atoms with Crippen LogP contribution in [0, 0.1) is 0 Å². The molecule has 0 spiro atoms. The van der Waals surface area contributed by atoms with Crippen LogP contribution in [0.15, 0.2) is 60.7 Å². The molecule has 3 aromatic rings. The van der Waals surface area contributed by atoms with Crippen molar-refractivity contribution in [3.8, 4) is 11.3 Å². The minimum Gasteiger partial charge on any atom is -0.355 e. The van der Waals surface area contributed by atoms with Crippen LogP contribution < -0.4 is 15.5 Å². The molecule has 32 heavy (non-hydrogen) atoms. The van der Waals surface area contributed by atoms with Gasteiger partial charge in [-0.1, -0.05) is 24.3 Å². The van der Waals surface area contributed by atoms with Crippen LogP contribution in [0.5, 0.6) is 0 Å². The van der Waals surface area contributed by atoms with E-state index < -0.39 is 17.8 Å². The molecule has 0 atom stereocenters. The first kappa shape index (κ1) is 21.6. The van der Waals surface area contributed by atoms with Crippen LogP contribution in [-0.2, 0) is 6.18 Å². The molecule has 1 aliphatic rings. The van der Waals surface area contributed by atoms with Crippen LogP contribution in [0.4, 0.5) is 35.2 Å². The molecule has 166 valence electrons. The standard InChI is InChI=1S/C23H22F3N5O/c24-23(25,26)18-6-2-3-7-20(18)28-22(32)27-17-10-8-16(9-11-17)19-12-13-21(30-29-19)31-14-4-1-5-15-31/h2-3,6-13H,1,4-5,14-15H2,(H2,27,28,32). The number of hydrogen-bond acceptors (Lipinski definition) is 4. The second-order valence-corrected chi connectivity index (χ2v) is 7.52. The molecule has 4 rings (SSSR count). The molecule has 1 saturated heterocycles. The molecule has 1 aromatic heterocycles. The molecule has 2 aromatic carbocycles. The number of nitrogens with one attached hydrogen (secondary N) is 2. The normalized spacial score (nSPS) is 14.2. The van der Waals surface area contributed by atoms with Gasteiger partial charge in [-0.25, -0.2) is 4.79 Å². The number of hydrogen-bond donors (Lipinski definition) is 2. The Morgan fingerprint density at radius 1 is 0.844 bits per heavy atom. The fraction of sp³-hybridized carbons (Fsp3) is 0.261. The molecule has 0 saturated carbocycles. The summed E-state index contributed by atoms with van der Waals surface area (Å²) < 4.78 is 39.2. The lowest BCUT2D eigenvalue weighted by Crippen LogP contribution is -2.30. The number of nitrogens with zero attached hydrogens (tertiary/aromatic N) is 3. The summed E-state index contributed by atoms with van der Waals surface area (Å²) in [5, 5.41) is 13.4. The highest BCUT2D eigenvalue weighted by molar-refractivity contribution is 6.00. The van der Waals surface area contributed by atoms with Crippen LogP contribution in [0.25, 0.3) is 11.3 Å². The number of carbonyl (C=O) groups excluding carboxylic acids is 1. The first-order valence-corrected chi connectivity index (χ1v) is 10.3. The average molecular weight is 441 g/mol. The first-order valence-electron chi connectivity index (χ1n) is 10.3. The smallest absolute Gasteiger partial charge is 0.355 e. The van der Waals surface area contributed by atoms with E-state index in [1.165, 1.54) is 24.6 Å². The van der Waals surface area contributed by atoms with Crippen molar-refractivity contribution in [1.82, 2.24) is 10.2 Å². The largest absolute Gasteiger partial charge is 0.418 e. The molecule has 0 bridgehead atoms. The summed E-state index contributed by atoms with van der Waals surface area (Å²) >= 11 is 0. The molecular formula is C23H22F3N5O. The summed E-state index contributed by atoms with van der Waals surface area (Å²) in [4.78, 5) is 14.4. The van der Waals surface area contributed by atoms with E-state index in [0.29, 0.717) is 11.4 Å². The SMILES string of the molecule is O=C(Nc1ccc(-c2ccc(N3CCCCC3)nn2)cc1)Nc1ccccc1C(F)(F)F. The van der Waals surface area contributed by atoms with E-state index in [1.54, 1.807) is 24.3 Å². The number of anilines is 3. The van der Waals surface area contributed by atoms with Crippen LogP contribution in [0.3, 0.4) is 0 Å². The number of alkyl halides is 3. The lowest BCUT2D eigenvalue weighted by molar-refractivity contribution is -0.136. The summed E-state index contributed by atoms with van der Waals surface area (Å²) in [5.74, 6) is 0.863. The topological polar surface area (TPSA) is 70.2 Å². The number of piperidine rings is 1. The third-order valence-electron chi connectivity index (χ3n) is 5.25. The van der Waals surface area contributed by atoms with E-state index in [-0.39, 0.29) is 5.69 Å². The van der Waals surface area contributed by atoms with E-state index in [9.17, 15) is 18.0 Å². The van der Waals surface area contributed by atoms with Gasteiger partial charge in [0.05, 0.1) is 16.9 Å². The van der Waals surface area contributed by atoms with Crippen molar-refractivity contribution in [3.63, 3.8) is 0 Å². The van der Waals surface area contributed by atoms with Gasteiger partial charge in [0.1, 0.15) is 0 Å². The Hall–Kier alpha value is -3.62. The zero-order chi connectivity index (χ0) is 22.6. The second-order valence-electron chi connectivity index (χ2n) is 7.52. The number of aromatic nitrogens is 2. The zero-order valence-corrected chi connectivity index (χ0v) is 17.2. The Morgan fingerprint density at radius 3 is 2.22 bits per heavy atom. The number of para-hydroxylation sites is 1. The lowest BCUT2D eigenvalue weighted by atomic mass is 10.1. The molecule has 1 aliphatic heterocycles. The van der Waals surface area contributed by atoms with Crippen molar-refractivity contribution in [3.05, 3.63) is 66.2 Å². The number of halogens is 3. The van der Waals surface area contributed by atoms with Crippen molar-refractivity contribution in [1.29, 1.82) is 0 Å². The quantitative estimate of drug-likeness (QED) is 0.537. The second kappa shape index (κ2) is 9.25. The number of benzene rings is 2. The first-order chi connectivity index (χ1) is 15.4. The number of amides is 2. The van der Waals surface area contributed by atoms with Crippen molar-refractivity contribution in [2.24, 2.45) is 0 Å². The summed E-state index contributed by atoms with van der Waals surface area (Å²) in [5.41, 5.74) is 0.737. The Labute approximate surface area is 183 Å². The summed E-state index contributed by atoms with van der Waals surface area (Å²) in [6.45, 7) is 1.98. The molecule has 2 N–H and O–H groups in total. The van der Waals surface area contributed by atoms with E-state index in [4.69, 9.17) is 0 Å². The minimum absolute atomic E-state index is 0.307. The maximum Gasteiger partial charge on any atom is 0.418 e. The molecule has 0 unspecified atom stereocenters. The van der Waals surface area contributed by atoms with E-state index in [0.717, 1.165) is 43.4 Å². The van der Waals surface area contributed by atoms with Gasteiger partial charge in [-0.2, -0.15) is 13.2 Å². The molecule has 1 fully saturated rings. The summed E-state index contributed by atoms with van der Waals surface area (Å²) in [7, 11) is 0. The Bertz CT molecular complexity index is 1060. The van der Waals surface area contributed by atoms with Crippen molar-refractivity contribution in [2.75, 3.05) is 28.6 Å². The summed E-state index contributed by atoms with van der Waals surface area (Å²) in [6.07, 6.45) is -0.994.